The number of hydrogen-bond acceptors (Lipinski definition) is 4. The van der Waals surface area contributed by atoms with Crippen LogP contribution in [0.5, 0.6) is 0 Å². The van der Waals surface area contributed by atoms with Crippen molar-refractivity contribution in [2.24, 2.45) is 52.3 Å². The van der Waals surface area contributed by atoms with Crippen molar-refractivity contribution in [1.82, 2.24) is 5.32 Å². The Hall–Kier alpha value is -0.810. The van der Waals surface area contributed by atoms with Gasteiger partial charge < -0.3 is 20.3 Å². The van der Waals surface area contributed by atoms with Gasteiger partial charge in [0.2, 0.25) is 0 Å². The van der Waals surface area contributed by atoms with Crippen molar-refractivity contribution < 1.29 is 19.7 Å². The van der Waals surface area contributed by atoms with Crippen molar-refractivity contribution >= 4 is 6.09 Å². The number of carbonyl (C=O) groups is 1. The van der Waals surface area contributed by atoms with Crippen LogP contribution in [0.2, 0.25) is 0 Å². The maximum atomic E-state index is 12.0. The number of carbonyl (C=O) groups excluding carboxylic acids is 1. The highest BCUT2D eigenvalue weighted by molar-refractivity contribution is 5.66. The molecule has 4 aliphatic carbocycles. The predicted molar refractivity (Wildman–Crippen MR) is 144 cm³/mol. The van der Waals surface area contributed by atoms with Crippen LogP contribution < -0.4 is 5.32 Å². The molecule has 0 aromatic carbocycles. The minimum atomic E-state index is -0.273. The summed E-state index contributed by atoms with van der Waals surface area (Å²) < 4.78 is 5.52. The van der Waals surface area contributed by atoms with Crippen molar-refractivity contribution in [3.63, 3.8) is 0 Å². The van der Waals surface area contributed by atoms with E-state index < -0.39 is 0 Å². The highest BCUT2D eigenvalue weighted by Crippen LogP contribution is 2.69. The molecule has 0 saturated heterocycles. The largest absolute Gasteiger partial charge is 0.450 e. The minimum absolute atomic E-state index is 0.188. The van der Waals surface area contributed by atoms with Crippen molar-refractivity contribution in [3.05, 3.63) is 0 Å². The first-order valence-electron chi connectivity index (χ1n) is 15.4. The van der Waals surface area contributed by atoms with Gasteiger partial charge in [0, 0.05) is 6.54 Å². The van der Waals surface area contributed by atoms with Crippen molar-refractivity contribution in [2.75, 3.05) is 13.2 Å². The van der Waals surface area contributed by atoms with Gasteiger partial charge in [0.1, 0.15) is 0 Å². The highest BCUT2D eigenvalue weighted by atomic mass is 16.5. The zero-order chi connectivity index (χ0) is 26.1. The van der Waals surface area contributed by atoms with Gasteiger partial charge in [-0.1, -0.05) is 53.9 Å². The van der Waals surface area contributed by atoms with E-state index in [2.05, 4.69) is 39.9 Å². The molecule has 4 aliphatic rings. The standard InChI is InChI=1S/C31H55NO4/c1-6-8-9-17-32-29(35)36-18-14-20(3)23-10-11-24-27-25(13-16-30(23,24)4)31(5)15-12-21(33)19-26(31)22(7-2)28(27)34/h20-28,33-34H,6-19H2,1-5H3,(H,32,35)/t20-,21-,22-,23-,24+,25+,26?,27+,28-,30-,31?/m1/s1. The summed E-state index contributed by atoms with van der Waals surface area (Å²) in [6.45, 7) is 13.0. The number of unbranched alkanes of at least 4 members (excludes halogenated alkanes) is 2. The second-order valence-electron chi connectivity index (χ2n) is 13.7. The first-order valence-corrected chi connectivity index (χ1v) is 15.4. The fourth-order valence-corrected chi connectivity index (χ4v) is 10.1. The number of ether oxygens (including phenoxy) is 1. The fourth-order valence-electron chi connectivity index (χ4n) is 10.1. The molecule has 11 atom stereocenters. The van der Waals surface area contributed by atoms with E-state index >= 15 is 0 Å². The zero-order valence-corrected chi connectivity index (χ0v) is 23.8. The van der Waals surface area contributed by atoms with E-state index in [1.165, 1.54) is 25.7 Å². The lowest BCUT2D eigenvalue weighted by Crippen LogP contribution is -2.62. The molecule has 0 spiro atoms. The topological polar surface area (TPSA) is 78.8 Å². The molecule has 0 aromatic heterocycles. The van der Waals surface area contributed by atoms with Crippen LogP contribution in [-0.4, -0.2) is 41.7 Å². The summed E-state index contributed by atoms with van der Waals surface area (Å²) in [5, 5.41) is 25.2. The molecule has 0 bridgehead atoms. The number of rotatable bonds is 9. The van der Waals surface area contributed by atoms with Crippen molar-refractivity contribution in [3.8, 4) is 0 Å². The van der Waals surface area contributed by atoms with E-state index in [9.17, 15) is 15.0 Å². The van der Waals surface area contributed by atoms with Crippen LogP contribution in [0.15, 0.2) is 0 Å². The van der Waals surface area contributed by atoms with Crippen LogP contribution in [-0.2, 0) is 4.74 Å². The first kappa shape index (κ1) is 28.2. The summed E-state index contributed by atoms with van der Waals surface area (Å²) in [4.78, 5) is 12.0. The SMILES string of the molecule is CCCCCNC(=O)OCC[C@@H](C)[C@H]1CC[C@H]2[C@@H]3[C@H](O)[C@H](CC)C4C[C@H](O)CCC4(C)[C@H]3CC[C@]12C. The summed E-state index contributed by atoms with van der Waals surface area (Å²) in [7, 11) is 0. The van der Waals surface area contributed by atoms with Gasteiger partial charge in [0.05, 0.1) is 18.8 Å². The molecule has 5 heteroatoms. The molecule has 2 unspecified atom stereocenters. The van der Waals surface area contributed by atoms with Gasteiger partial charge in [0.25, 0.3) is 0 Å². The van der Waals surface area contributed by atoms with Gasteiger partial charge in [-0.2, -0.15) is 0 Å². The molecule has 4 fully saturated rings. The second kappa shape index (κ2) is 11.5. The van der Waals surface area contributed by atoms with Gasteiger partial charge >= 0.3 is 6.09 Å². The molecule has 3 N–H and O–H groups in total. The Labute approximate surface area is 220 Å². The Kier molecular flexibility index (Phi) is 9.02. The highest BCUT2D eigenvalue weighted by Gasteiger charge is 2.64. The van der Waals surface area contributed by atoms with E-state index in [4.69, 9.17) is 4.74 Å². The lowest BCUT2D eigenvalue weighted by atomic mass is 9.41. The lowest BCUT2D eigenvalue weighted by Gasteiger charge is -2.64. The number of fused-ring (bicyclic) bond motifs is 5. The third-order valence-corrected chi connectivity index (χ3v) is 12.0. The third kappa shape index (κ3) is 5.09. The Bertz CT molecular complexity index is 744. The molecule has 1 amide bonds. The smallest absolute Gasteiger partial charge is 0.407 e. The summed E-state index contributed by atoms with van der Waals surface area (Å²) in [6.07, 6.45) is 12.4. The van der Waals surface area contributed by atoms with E-state index in [0.29, 0.717) is 54.6 Å². The van der Waals surface area contributed by atoms with Gasteiger partial charge in [-0.05, 0) is 110 Å². The van der Waals surface area contributed by atoms with E-state index in [-0.39, 0.29) is 29.1 Å². The fraction of sp³-hybridized carbons (Fsp3) is 0.968. The average Bonchev–Trinajstić information content (AvgIpc) is 3.20. The number of aliphatic hydroxyl groups excluding tert-OH is 2. The van der Waals surface area contributed by atoms with E-state index in [1.54, 1.807) is 0 Å². The summed E-state index contributed by atoms with van der Waals surface area (Å²) >= 11 is 0. The molecular formula is C31H55NO4. The quantitative estimate of drug-likeness (QED) is 0.310. The maximum Gasteiger partial charge on any atom is 0.407 e. The van der Waals surface area contributed by atoms with Crippen LogP contribution in [0, 0.1) is 52.3 Å². The minimum Gasteiger partial charge on any atom is -0.450 e. The van der Waals surface area contributed by atoms with Crippen LogP contribution in [0.25, 0.3) is 0 Å². The molecule has 5 nitrogen and oxygen atoms in total. The molecular weight excluding hydrogens is 450 g/mol. The van der Waals surface area contributed by atoms with Gasteiger partial charge in [-0.25, -0.2) is 4.79 Å². The maximum absolute atomic E-state index is 12.0. The van der Waals surface area contributed by atoms with Crippen LogP contribution in [0.3, 0.4) is 0 Å². The number of hydrogen-bond donors (Lipinski definition) is 3. The molecule has 208 valence electrons. The molecule has 0 aliphatic heterocycles. The van der Waals surface area contributed by atoms with Crippen molar-refractivity contribution in [1.29, 1.82) is 0 Å². The predicted octanol–water partition coefficient (Wildman–Crippen LogP) is 6.56. The Morgan fingerprint density at radius 1 is 1.00 bits per heavy atom. The van der Waals surface area contributed by atoms with E-state index in [0.717, 1.165) is 51.4 Å². The van der Waals surface area contributed by atoms with Gasteiger partial charge in [-0.3, -0.25) is 0 Å². The van der Waals surface area contributed by atoms with Crippen LogP contribution in [0.4, 0.5) is 4.79 Å². The third-order valence-electron chi connectivity index (χ3n) is 12.0. The Balaban J connectivity index is 1.40. The normalized spacial score (nSPS) is 44.8. The summed E-state index contributed by atoms with van der Waals surface area (Å²) in [5.74, 6) is 3.47. The van der Waals surface area contributed by atoms with Gasteiger partial charge in [-0.15, -0.1) is 0 Å². The van der Waals surface area contributed by atoms with Gasteiger partial charge in [0.15, 0.2) is 0 Å². The number of amides is 1. The molecule has 0 aromatic rings. The average molecular weight is 506 g/mol. The van der Waals surface area contributed by atoms with Crippen LogP contribution in [0.1, 0.15) is 112 Å². The zero-order valence-electron chi connectivity index (χ0n) is 23.8. The molecule has 0 radical (unpaired) electrons. The second-order valence-corrected chi connectivity index (χ2v) is 13.7. The summed E-state index contributed by atoms with van der Waals surface area (Å²) in [5.41, 5.74) is 0.521. The number of nitrogens with one attached hydrogen (secondary N) is 1. The number of alkyl carbamates (subject to hydrolysis) is 1. The molecule has 36 heavy (non-hydrogen) atoms. The van der Waals surface area contributed by atoms with Crippen LogP contribution >= 0.6 is 0 Å². The first-order chi connectivity index (χ1) is 17.2. The number of aliphatic hydroxyl groups is 2. The lowest BCUT2D eigenvalue weighted by molar-refractivity contribution is -0.203. The Morgan fingerprint density at radius 2 is 1.72 bits per heavy atom. The van der Waals surface area contributed by atoms with E-state index in [1.807, 2.05) is 0 Å². The summed E-state index contributed by atoms with van der Waals surface area (Å²) in [6, 6.07) is 0. The Morgan fingerprint density at radius 3 is 2.44 bits per heavy atom. The van der Waals surface area contributed by atoms with Crippen molar-refractivity contribution in [2.45, 2.75) is 124 Å². The molecule has 4 rings (SSSR count). The molecule has 4 saturated carbocycles. The molecule has 0 heterocycles. The monoisotopic (exact) mass is 505 g/mol.